The molecule has 0 spiro atoms. The van der Waals surface area contributed by atoms with Gasteiger partial charge >= 0.3 is 0 Å². The van der Waals surface area contributed by atoms with Gasteiger partial charge in [-0.25, -0.2) is 15.3 Å². The monoisotopic (exact) mass is 597 g/mol. The Morgan fingerprint density at radius 2 is 1.57 bits per heavy atom. The van der Waals surface area contributed by atoms with Crippen molar-refractivity contribution in [3.8, 4) is 28.1 Å². The molecular weight excluding hydrogens is 558 g/mol. The third kappa shape index (κ3) is 7.25. The van der Waals surface area contributed by atoms with E-state index in [4.69, 9.17) is 28.8 Å². The van der Waals surface area contributed by atoms with Gasteiger partial charge < -0.3 is 18.9 Å². The van der Waals surface area contributed by atoms with Crippen LogP contribution in [-0.2, 0) is 25.5 Å². The van der Waals surface area contributed by atoms with Gasteiger partial charge in [-0.15, -0.1) is 0 Å². The molecule has 2 aromatic carbocycles. The Labute approximate surface area is 257 Å². The number of nitrogens with one attached hydrogen (secondary N) is 1. The van der Waals surface area contributed by atoms with Crippen LogP contribution in [0.4, 0.5) is 0 Å². The first-order valence-corrected chi connectivity index (χ1v) is 15.5. The zero-order valence-corrected chi connectivity index (χ0v) is 25.1. The molecule has 4 heterocycles. The van der Waals surface area contributed by atoms with Crippen LogP contribution in [0.2, 0.25) is 0 Å². The number of nitrogens with zero attached hydrogens (tertiary/aromatic N) is 2. The van der Waals surface area contributed by atoms with E-state index in [1.54, 1.807) is 18.5 Å². The van der Waals surface area contributed by atoms with E-state index in [0.717, 1.165) is 68.2 Å². The van der Waals surface area contributed by atoms with Gasteiger partial charge in [0.25, 0.3) is 5.91 Å². The van der Waals surface area contributed by atoms with Crippen LogP contribution in [0.5, 0.6) is 5.75 Å². The molecule has 0 saturated carbocycles. The van der Waals surface area contributed by atoms with Crippen molar-refractivity contribution in [1.29, 1.82) is 0 Å². The average molecular weight is 598 g/mol. The number of methoxy groups -OCH3 is 1. The number of fused-ring (bicyclic) bond motifs is 1. The number of amides is 1. The Bertz CT molecular complexity index is 1530. The molecule has 2 unspecified atom stereocenters. The predicted octanol–water partition coefficient (Wildman–Crippen LogP) is 6.64. The van der Waals surface area contributed by atoms with E-state index in [1.807, 2.05) is 12.1 Å². The summed E-state index contributed by atoms with van der Waals surface area (Å²) in [6, 6.07) is 18.5. The van der Waals surface area contributed by atoms with Crippen molar-refractivity contribution in [2.75, 3.05) is 26.9 Å². The van der Waals surface area contributed by atoms with Crippen molar-refractivity contribution in [1.82, 2.24) is 15.4 Å². The summed E-state index contributed by atoms with van der Waals surface area (Å²) >= 11 is 0. The minimum absolute atomic E-state index is 0.0324. The zero-order valence-electron chi connectivity index (χ0n) is 25.1. The summed E-state index contributed by atoms with van der Waals surface area (Å²) in [6.07, 6.45) is 10.7. The molecule has 2 aliphatic heterocycles. The number of hydrogen-bond acceptors (Lipinski definition) is 8. The molecule has 2 fully saturated rings. The lowest BCUT2D eigenvalue weighted by Crippen LogP contribution is -2.33. The lowest BCUT2D eigenvalue weighted by atomic mass is 9.98. The van der Waals surface area contributed by atoms with Gasteiger partial charge in [0.2, 0.25) is 0 Å². The third-order valence-corrected chi connectivity index (χ3v) is 8.09. The Morgan fingerprint density at radius 1 is 0.886 bits per heavy atom. The number of rotatable bonds is 11. The van der Waals surface area contributed by atoms with E-state index >= 15 is 0 Å². The summed E-state index contributed by atoms with van der Waals surface area (Å²) < 4.78 is 22.9. The number of hydrogen-bond donors (Lipinski definition) is 1. The SMILES string of the molecule is COc1c(-c2ccc(-c3ccc(CCCOC4CCCCO4)cc3)cc2)nc2ccncc2c1C(=O)NOC1CCCCO1. The van der Waals surface area contributed by atoms with Gasteiger partial charge in [-0.3, -0.25) is 9.78 Å². The fourth-order valence-electron chi connectivity index (χ4n) is 5.70. The Balaban J connectivity index is 1.16. The number of carbonyl (C=O) groups excluding carboxylic acids is 1. The highest BCUT2D eigenvalue weighted by Crippen LogP contribution is 2.37. The molecule has 2 aliphatic rings. The predicted molar refractivity (Wildman–Crippen MR) is 167 cm³/mol. The standard InChI is InChI=1S/C35H39N3O6/c1-40-34-32(35(39)38-44-31-9-3-5-21-43-31)28-23-36-19-18-29(28)37-33(34)27-16-14-26(15-17-27)25-12-10-24(11-13-25)7-6-22-42-30-8-2-4-20-41-30/h10-19,23,30-31H,2-9,20-22H2,1H3,(H,38,39). The Hall–Kier alpha value is -3.89. The molecule has 0 bridgehead atoms. The Morgan fingerprint density at radius 3 is 2.25 bits per heavy atom. The van der Waals surface area contributed by atoms with E-state index in [1.165, 1.54) is 19.1 Å². The first-order chi connectivity index (χ1) is 21.7. The number of carbonyl (C=O) groups is 1. The van der Waals surface area contributed by atoms with Gasteiger partial charge in [-0.2, -0.15) is 0 Å². The van der Waals surface area contributed by atoms with Crippen LogP contribution >= 0.6 is 0 Å². The number of aromatic nitrogens is 2. The fourth-order valence-corrected chi connectivity index (χ4v) is 5.70. The maximum absolute atomic E-state index is 13.4. The van der Waals surface area contributed by atoms with Crippen molar-refractivity contribution in [3.63, 3.8) is 0 Å². The highest BCUT2D eigenvalue weighted by molar-refractivity contribution is 6.09. The van der Waals surface area contributed by atoms with Crippen LogP contribution in [0.15, 0.2) is 67.0 Å². The van der Waals surface area contributed by atoms with Gasteiger partial charge in [0, 0.05) is 43.0 Å². The fraction of sp³-hybridized carbons (Fsp3) is 0.400. The van der Waals surface area contributed by atoms with E-state index < -0.39 is 12.2 Å². The first kappa shape index (κ1) is 30.1. The lowest BCUT2D eigenvalue weighted by Gasteiger charge is -2.22. The first-order valence-electron chi connectivity index (χ1n) is 15.5. The average Bonchev–Trinajstić information content (AvgIpc) is 3.09. The molecule has 230 valence electrons. The van der Waals surface area contributed by atoms with Gasteiger partial charge in [0.15, 0.2) is 18.3 Å². The maximum atomic E-state index is 13.4. The van der Waals surface area contributed by atoms with E-state index in [0.29, 0.717) is 41.1 Å². The highest BCUT2D eigenvalue weighted by Gasteiger charge is 2.25. The lowest BCUT2D eigenvalue weighted by molar-refractivity contribution is -0.186. The number of ether oxygens (including phenoxy) is 4. The van der Waals surface area contributed by atoms with Gasteiger partial charge in [-0.1, -0.05) is 48.5 Å². The topological polar surface area (TPSA) is 101 Å². The number of benzene rings is 2. The minimum Gasteiger partial charge on any atom is -0.494 e. The van der Waals surface area contributed by atoms with Crippen LogP contribution in [0.3, 0.4) is 0 Å². The zero-order chi connectivity index (χ0) is 30.1. The second-order valence-electron chi connectivity index (χ2n) is 11.2. The van der Waals surface area contributed by atoms with Crippen molar-refractivity contribution >= 4 is 16.8 Å². The van der Waals surface area contributed by atoms with Gasteiger partial charge in [0.1, 0.15) is 5.69 Å². The molecule has 2 atom stereocenters. The van der Waals surface area contributed by atoms with Crippen molar-refractivity contribution in [2.45, 2.75) is 63.9 Å². The van der Waals surface area contributed by atoms with Crippen molar-refractivity contribution < 1.29 is 28.6 Å². The number of pyridine rings is 2. The molecular formula is C35H39N3O6. The molecule has 44 heavy (non-hydrogen) atoms. The second-order valence-corrected chi connectivity index (χ2v) is 11.2. The third-order valence-electron chi connectivity index (χ3n) is 8.09. The molecule has 2 aromatic heterocycles. The van der Waals surface area contributed by atoms with Crippen LogP contribution in [0, 0.1) is 0 Å². The minimum atomic E-state index is -0.471. The molecule has 6 rings (SSSR count). The summed E-state index contributed by atoms with van der Waals surface area (Å²) in [5, 5.41) is 0.573. The number of aryl methyl sites for hydroxylation is 1. The van der Waals surface area contributed by atoms with Crippen LogP contribution in [0.1, 0.15) is 60.9 Å². The molecule has 1 amide bonds. The molecule has 0 radical (unpaired) electrons. The molecule has 1 N–H and O–H groups in total. The summed E-state index contributed by atoms with van der Waals surface area (Å²) in [7, 11) is 1.54. The molecule has 9 nitrogen and oxygen atoms in total. The van der Waals surface area contributed by atoms with Gasteiger partial charge in [0.05, 0.1) is 24.8 Å². The number of hydroxylamine groups is 1. The molecule has 2 saturated heterocycles. The van der Waals surface area contributed by atoms with E-state index in [2.05, 4.69) is 46.9 Å². The van der Waals surface area contributed by atoms with Crippen LogP contribution < -0.4 is 10.2 Å². The molecule has 0 aliphatic carbocycles. The van der Waals surface area contributed by atoms with Crippen molar-refractivity contribution in [2.24, 2.45) is 0 Å². The van der Waals surface area contributed by atoms with E-state index in [-0.39, 0.29) is 6.29 Å². The Kier molecular flexibility index (Phi) is 10.1. The smallest absolute Gasteiger partial charge is 0.279 e. The molecule has 4 aromatic rings. The largest absolute Gasteiger partial charge is 0.494 e. The van der Waals surface area contributed by atoms with Crippen LogP contribution in [0.25, 0.3) is 33.3 Å². The van der Waals surface area contributed by atoms with Gasteiger partial charge in [-0.05, 0) is 67.7 Å². The van der Waals surface area contributed by atoms with E-state index in [9.17, 15) is 4.79 Å². The summed E-state index contributed by atoms with van der Waals surface area (Å²) in [5.74, 6) is -0.0874. The summed E-state index contributed by atoms with van der Waals surface area (Å²) in [4.78, 5) is 28.1. The second kappa shape index (κ2) is 14.7. The quantitative estimate of drug-likeness (QED) is 0.152. The summed E-state index contributed by atoms with van der Waals surface area (Å²) in [5.41, 5.74) is 8.39. The highest BCUT2D eigenvalue weighted by atomic mass is 16.8. The normalized spacial score (nSPS) is 18.7. The van der Waals surface area contributed by atoms with Crippen LogP contribution in [-0.4, -0.2) is 55.4 Å². The van der Waals surface area contributed by atoms with Crippen molar-refractivity contribution in [3.05, 3.63) is 78.1 Å². The summed E-state index contributed by atoms with van der Waals surface area (Å²) in [6.45, 7) is 2.13. The maximum Gasteiger partial charge on any atom is 0.279 e. The molecule has 9 heteroatoms.